The van der Waals surface area contributed by atoms with Crippen molar-refractivity contribution in [3.05, 3.63) is 57.6 Å². The van der Waals surface area contributed by atoms with Gasteiger partial charge in [-0.05, 0) is 29.8 Å². The van der Waals surface area contributed by atoms with Gasteiger partial charge in [-0.1, -0.05) is 35.3 Å². The minimum atomic E-state index is -0.461. The lowest BCUT2D eigenvalue weighted by Crippen LogP contribution is -2.18. The van der Waals surface area contributed by atoms with E-state index in [2.05, 4.69) is 10.5 Å². The van der Waals surface area contributed by atoms with Crippen LogP contribution < -0.4 is 15.1 Å². The van der Waals surface area contributed by atoms with Crippen LogP contribution in [0, 0.1) is 0 Å². The number of hydrazone groups is 1. The molecular formula is C17H17Cl2N3O2. The van der Waals surface area contributed by atoms with Crippen LogP contribution in [0.1, 0.15) is 15.9 Å². The van der Waals surface area contributed by atoms with Gasteiger partial charge in [-0.3, -0.25) is 4.79 Å². The van der Waals surface area contributed by atoms with Crippen LogP contribution in [0.4, 0.5) is 5.69 Å². The monoisotopic (exact) mass is 365 g/mol. The summed E-state index contributed by atoms with van der Waals surface area (Å²) in [7, 11) is 5.36. The van der Waals surface area contributed by atoms with Crippen LogP contribution in [0.3, 0.4) is 0 Å². The van der Waals surface area contributed by atoms with Crippen molar-refractivity contribution < 1.29 is 9.53 Å². The van der Waals surface area contributed by atoms with E-state index in [1.807, 2.05) is 43.3 Å². The number of halogens is 2. The van der Waals surface area contributed by atoms with Gasteiger partial charge in [0.25, 0.3) is 5.91 Å². The molecule has 0 saturated carbocycles. The van der Waals surface area contributed by atoms with Gasteiger partial charge in [0, 0.05) is 24.8 Å². The first-order valence-electron chi connectivity index (χ1n) is 7.06. The number of hydrogen-bond donors (Lipinski definition) is 1. The molecule has 0 aliphatic rings. The summed E-state index contributed by atoms with van der Waals surface area (Å²) in [6, 6.07) is 10.7. The van der Waals surface area contributed by atoms with Crippen molar-refractivity contribution in [2.24, 2.45) is 5.10 Å². The molecule has 2 rings (SSSR count). The lowest BCUT2D eigenvalue weighted by atomic mass is 10.2. The predicted molar refractivity (Wildman–Crippen MR) is 98.8 cm³/mol. The van der Waals surface area contributed by atoms with E-state index in [4.69, 9.17) is 27.9 Å². The summed E-state index contributed by atoms with van der Waals surface area (Å²) < 4.78 is 5.14. The molecule has 0 aromatic heterocycles. The molecular weight excluding hydrogens is 349 g/mol. The Morgan fingerprint density at radius 3 is 2.46 bits per heavy atom. The number of benzene rings is 2. The quantitative estimate of drug-likeness (QED) is 0.646. The van der Waals surface area contributed by atoms with E-state index in [9.17, 15) is 4.79 Å². The molecule has 2 aromatic carbocycles. The summed E-state index contributed by atoms with van der Waals surface area (Å²) in [6.45, 7) is 0. The van der Waals surface area contributed by atoms with Crippen molar-refractivity contribution in [2.45, 2.75) is 0 Å². The predicted octanol–water partition coefficient (Wildman–Crippen LogP) is 3.83. The number of ether oxygens (including phenoxy) is 1. The average molecular weight is 366 g/mol. The minimum Gasteiger partial charge on any atom is -0.494 e. The Kier molecular flexibility index (Phi) is 6.06. The second-order valence-electron chi connectivity index (χ2n) is 5.15. The minimum absolute atomic E-state index is 0.218. The van der Waals surface area contributed by atoms with Crippen molar-refractivity contribution in [3.63, 3.8) is 0 Å². The molecule has 1 N–H and O–H groups in total. The van der Waals surface area contributed by atoms with Crippen LogP contribution in [-0.2, 0) is 0 Å². The molecule has 0 atom stereocenters. The highest BCUT2D eigenvalue weighted by molar-refractivity contribution is 6.36. The van der Waals surface area contributed by atoms with Crippen LogP contribution in [0.25, 0.3) is 0 Å². The first-order chi connectivity index (χ1) is 11.4. The number of hydrogen-bond acceptors (Lipinski definition) is 4. The topological polar surface area (TPSA) is 53.9 Å². The first kappa shape index (κ1) is 18.1. The fourth-order valence-electron chi connectivity index (χ4n) is 2.02. The van der Waals surface area contributed by atoms with E-state index in [1.165, 1.54) is 19.2 Å². The second-order valence-corrected chi connectivity index (χ2v) is 6.00. The molecule has 0 bridgehead atoms. The number of amides is 1. The Bertz CT molecular complexity index is 759. The lowest BCUT2D eigenvalue weighted by molar-refractivity contribution is 0.0952. The van der Waals surface area contributed by atoms with Crippen molar-refractivity contribution in [2.75, 3.05) is 26.1 Å². The fourth-order valence-corrected chi connectivity index (χ4v) is 2.59. The molecule has 0 radical (unpaired) electrons. The summed E-state index contributed by atoms with van der Waals surface area (Å²) >= 11 is 11.9. The molecule has 2 aromatic rings. The van der Waals surface area contributed by atoms with E-state index in [1.54, 1.807) is 6.21 Å². The number of rotatable bonds is 5. The maximum atomic E-state index is 12.2. The Morgan fingerprint density at radius 2 is 1.88 bits per heavy atom. The highest BCUT2D eigenvalue weighted by Gasteiger charge is 2.16. The van der Waals surface area contributed by atoms with E-state index < -0.39 is 5.91 Å². The standard InChI is InChI=1S/C17H17Cl2N3O2/c1-22(2)13-6-4-11(5-7-13)10-20-21-17(23)14-8-12(18)9-15(19)16(14)24-3/h4-10H,1-3H3,(H,21,23)/b20-10+. The molecule has 0 aliphatic heterocycles. The molecule has 5 nitrogen and oxygen atoms in total. The van der Waals surface area contributed by atoms with Gasteiger partial charge in [0.15, 0.2) is 0 Å². The highest BCUT2D eigenvalue weighted by Crippen LogP contribution is 2.32. The van der Waals surface area contributed by atoms with Crippen LogP contribution in [-0.4, -0.2) is 33.3 Å². The van der Waals surface area contributed by atoms with Gasteiger partial charge in [-0.15, -0.1) is 0 Å². The van der Waals surface area contributed by atoms with Crippen LogP contribution in [0.5, 0.6) is 5.75 Å². The Hall–Kier alpha value is -2.24. The van der Waals surface area contributed by atoms with Crippen LogP contribution >= 0.6 is 23.2 Å². The number of anilines is 1. The van der Waals surface area contributed by atoms with E-state index in [-0.39, 0.29) is 16.3 Å². The summed E-state index contributed by atoms with van der Waals surface area (Å²) in [6.07, 6.45) is 1.55. The van der Waals surface area contributed by atoms with Crippen molar-refractivity contribution in [1.82, 2.24) is 5.43 Å². The van der Waals surface area contributed by atoms with Crippen molar-refractivity contribution in [1.29, 1.82) is 0 Å². The lowest BCUT2D eigenvalue weighted by Gasteiger charge is -2.11. The number of carbonyl (C=O) groups is 1. The Morgan fingerprint density at radius 1 is 1.21 bits per heavy atom. The molecule has 0 spiro atoms. The smallest absolute Gasteiger partial charge is 0.275 e. The molecule has 1 amide bonds. The number of methoxy groups -OCH3 is 1. The third kappa shape index (κ3) is 4.40. The molecule has 0 aliphatic carbocycles. The summed E-state index contributed by atoms with van der Waals surface area (Å²) in [4.78, 5) is 14.2. The van der Waals surface area contributed by atoms with E-state index in [0.717, 1.165) is 11.3 Å². The zero-order chi connectivity index (χ0) is 17.7. The van der Waals surface area contributed by atoms with Gasteiger partial charge >= 0.3 is 0 Å². The Balaban J connectivity index is 2.10. The molecule has 0 unspecified atom stereocenters. The highest BCUT2D eigenvalue weighted by atomic mass is 35.5. The Labute approximate surface area is 150 Å². The van der Waals surface area contributed by atoms with E-state index in [0.29, 0.717) is 5.02 Å². The van der Waals surface area contributed by atoms with Crippen molar-refractivity contribution in [3.8, 4) is 5.75 Å². The molecule has 0 saturated heterocycles. The maximum Gasteiger partial charge on any atom is 0.275 e. The number of nitrogens with zero attached hydrogens (tertiary/aromatic N) is 2. The molecule has 7 heteroatoms. The number of carbonyl (C=O) groups excluding carboxylic acids is 1. The van der Waals surface area contributed by atoms with Crippen LogP contribution in [0.15, 0.2) is 41.5 Å². The second kappa shape index (κ2) is 8.04. The van der Waals surface area contributed by atoms with E-state index >= 15 is 0 Å². The molecule has 126 valence electrons. The van der Waals surface area contributed by atoms with Gasteiger partial charge in [0.05, 0.1) is 23.9 Å². The van der Waals surface area contributed by atoms with Crippen LogP contribution in [0.2, 0.25) is 10.0 Å². The zero-order valence-electron chi connectivity index (χ0n) is 13.5. The summed E-state index contributed by atoms with van der Waals surface area (Å²) in [5.74, 6) is -0.207. The number of nitrogens with one attached hydrogen (secondary N) is 1. The fraction of sp³-hybridized carbons (Fsp3) is 0.176. The largest absolute Gasteiger partial charge is 0.494 e. The zero-order valence-corrected chi connectivity index (χ0v) is 15.0. The van der Waals surface area contributed by atoms with Gasteiger partial charge in [0.2, 0.25) is 0 Å². The first-order valence-corrected chi connectivity index (χ1v) is 7.81. The maximum absolute atomic E-state index is 12.2. The summed E-state index contributed by atoms with van der Waals surface area (Å²) in [5.41, 5.74) is 4.59. The normalized spacial score (nSPS) is 10.7. The SMILES string of the molecule is COc1c(Cl)cc(Cl)cc1C(=O)N/N=C/c1ccc(N(C)C)cc1. The van der Waals surface area contributed by atoms with Gasteiger partial charge in [0.1, 0.15) is 5.75 Å². The van der Waals surface area contributed by atoms with Gasteiger partial charge < -0.3 is 9.64 Å². The third-order valence-corrected chi connectivity index (χ3v) is 3.75. The third-order valence-electron chi connectivity index (χ3n) is 3.25. The van der Waals surface area contributed by atoms with Gasteiger partial charge in [-0.25, -0.2) is 5.43 Å². The van der Waals surface area contributed by atoms with Crippen molar-refractivity contribution >= 4 is 41.0 Å². The molecule has 0 fully saturated rings. The average Bonchev–Trinajstić information content (AvgIpc) is 2.54. The molecule has 0 heterocycles. The molecule has 24 heavy (non-hydrogen) atoms. The summed E-state index contributed by atoms with van der Waals surface area (Å²) in [5, 5.41) is 4.55. The van der Waals surface area contributed by atoms with Gasteiger partial charge in [-0.2, -0.15) is 5.10 Å².